The van der Waals surface area contributed by atoms with E-state index in [1.165, 1.54) is 16.4 Å². The van der Waals surface area contributed by atoms with E-state index >= 15 is 0 Å². The third-order valence-electron chi connectivity index (χ3n) is 4.38. The van der Waals surface area contributed by atoms with Gasteiger partial charge in [-0.25, -0.2) is 17.1 Å². The Kier molecular flexibility index (Phi) is 4.01. The first-order chi connectivity index (χ1) is 10.8. The number of hydrogen-bond acceptors (Lipinski definition) is 4. The highest BCUT2D eigenvalue weighted by Gasteiger charge is 2.40. The van der Waals surface area contributed by atoms with Crippen LogP contribution in [0.2, 0.25) is 0 Å². The van der Waals surface area contributed by atoms with Gasteiger partial charge in [-0.2, -0.15) is 0 Å². The molecule has 0 N–H and O–H groups in total. The number of sulfonamides is 1. The fourth-order valence-corrected chi connectivity index (χ4v) is 4.55. The number of aryl methyl sites for hydroxylation is 1. The van der Waals surface area contributed by atoms with E-state index in [0.29, 0.717) is 31.0 Å². The van der Waals surface area contributed by atoms with Crippen molar-refractivity contribution in [3.05, 3.63) is 53.2 Å². The first-order valence-electron chi connectivity index (χ1n) is 7.45. The van der Waals surface area contributed by atoms with Crippen LogP contribution in [0.15, 0.2) is 34.9 Å². The molecule has 2 aromatic rings. The summed E-state index contributed by atoms with van der Waals surface area (Å²) >= 11 is 0. The minimum absolute atomic E-state index is 0.163. The molecule has 23 heavy (non-hydrogen) atoms. The quantitative estimate of drug-likeness (QED) is 0.860. The molecule has 0 spiro atoms. The normalized spacial score (nSPS) is 22.6. The van der Waals surface area contributed by atoms with E-state index in [1.54, 1.807) is 25.1 Å². The van der Waals surface area contributed by atoms with Crippen molar-refractivity contribution in [2.24, 2.45) is 0 Å². The molecule has 2 heterocycles. The van der Waals surface area contributed by atoms with Crippen LogP contribution in [0.25, 0.3) is 0 Å². The number of hydrogen-bond donors (Lipinski definition) is 0. The molecule has 0 amide bonds. The van der Waals surface area contributed by atoms with Gasteiger partial charge in [-0.15, -0.1) is 0 Å². The third kappa shape index (κ3) is 3.30. The molecule has 1 aromatic carbocycles. The van der Waals surface area contributed by atoms with Crippen molar-refractivity contribution in [3.8, 4) is 0 Å². The van der Waals surface area contributed by atoms with Crippen LogP contribution in [0.1, 0.15) is 30.4 Å². The van der Waals surface area contributed by atoms with Crippen LogP contribution in [0.5, 0.6) is 0 Å². The minimum Gasteiger partial charge on any atom is -0.361 e. The highest BCUT2D eigenvalue weighted by Crippen LogP contribution is 2.36. The molecule has 0 unspecified atom stereocenters. The molecule has 124 valence electrons. The fourth-order valence-electron chi connectivity index (χ4n) is 3.01. The molecule has 0 radical (unpaired) electrons. The van der Waals surface area contributed by atoms with Gasteiger partial charge in [0, 0.05) is 24.6 Å². The summed E-state index contributed by atoms with van der Waals surface area (Å²) in [5.41, 5.74) is 1.06. The van der Waals surface area contributed by atoms with Gasteiger partial charge in [0.25, 0.3) is 0 Å². The average Bonchev–Trinajstić information content (AvgIpc) is 3.07. The van der Waals surface area contributed by atoms with Gasteiger partial charge >= 0.3 is 0 Å². The summed E-state index contributed by atoms with van der Waals surface area (Å²) in [7, 11) is -3.45. The standard InChI is InChI=1S/C16H19FN2O3S/c1-12-9-15(18-22-12)10-23(20,21)19-8-7-16(2,11-19)13-3-5-14(17)6-4-13/h3-6,9H,7-8,10-11H2,1-2H3/t16-/m0/s1. The van der Waals surface area contributed by atoms with Gasteiger partial charge in [0.15, 0.2) is 0 Å². The summed E-state index contributed by atoms with van der Waals surface area (Å²) in [6.07, 6.45) is 0.704. The zero-order chi connectivity index (χ0) is 16.7. The van der Waals surface area contributed by atoms with E-state index in [0.717, 1.165) is 5.56 Å². The lowest BCUT2D eigenvalue weighted by molar-refractivity contribution is 0.391. The highest BCUT2D eigenvalue weighted by molar-refractivity contribution is 7.88. The molecular formula is C16H19FN2O3S. The Labute approximate surface area is 135 Å². The minimum atomic E-state index is -3.45. The van der Waals surface area contributed by atoms with Crippen molar-refractivity contribution in [2.45, 2.75) is 31.4 Å². The average molecular weight is 338 g/mol. The van der Waals surface area contributed by atoms with Gasteiger partial charge in [0.1, 0.15) is 23.0 Å². The summed E-state index contributed by atoms with van der Waals surface area (Å²) in [5, 5.41) is 3.75. The third-order valence-corrected chi connectivity index (χ3v) is 6.14. The van der Waals surface area contributed by atoms with E-state index in [4.69, 9.17) is 4.52 Å². The molecule has 0 saturated carbocycles. The number of nitrogens with zero attached hydrogens (tertiary/aromatic N) is 2. The van der Waals surface area contributed by atoms with E-state index in [2.05, 4.69) is 5.16 Å². The van der Waals surface area contributed by atoms with E-state index in [1.807, 2.05) is 6.92 Å². The maximum Gasteiger partial charge on any atom is 0.220 e. The molecule has 3 rings (SSSR count). The van der Waals surface area contributed by atoms with Gasteiger partial charge in [-0.05, 0) is 31.0 Å². The molecule has 1 aliphatic rings. The van der Waals surface area contributed by atoms with Crippen molar-refractivity contribution < 1.29 is 17.3 Å². The molecule has 1 atom stereocenters. The molecule has 1 aromatic heterocycles. The van der Waals surface area contributed by atoms with Crippen LogP contribution in [0.3, 0.4) is 0 Å². The lowest BCUT2D eigenvalue weighted by Gasteiger charge is -2.25. The molecular weight excluding hydrogens is 319 g/mol. The number of halogens is 1. The summed E-state index contributed by atoms with van der Waals surface area (Å²) in [6, 6.07) is 7.91. The monoisotopic (exact) mass is 338 g/mol. The van der Waals surface area contributed by atoms with E-state index < -0.39 is 10.0 Å². The van der Waals surface area contributed by atoms with Crippen LogP contribution in [0, 0.1) is 12.7 Å². The van der Waals surface area contributed by atoms with Crippen molar-refractivity contribution in [1.82, 2.24) is 9.46 Å². The predicted molar refractivity (Wildman–Crippen MR) is 83.8 cm³/mol. The van der Waals surface area contributed by atoms with Gasteiger partial charge in [0.05, 0.1) is 0 Å². The van der Waals surface area contributed by atoms with Gasteiger partial charge in [-0.1, -0.05) is 24.2 Å². The van der Waals surface area contributed by atoms with Crippen LogP contribution in [-0.2, 0) is 21.2 Å². The maximum atomic E-state index is 13.1. The van der Waals surface area contributed by atoms with Crippen molar-refractivity contribution in [1.29, 1.82) is 0 Å². The van der Waals surface area contributed by atoms with Gasteiger partial charge in [0.2, 0.25) is 10.0 Å². The van der Waals surface area contributed by atoms with Crippen LogP contribution < -0.4 is 0 Å². The zero-order valence-electron chi connectivity index (χ0n) is 13.1. The summed E-state index contributed by atoms with van der Waals surface area (Å²) < 4.78 is 44.6. The fraction of sp³-hybridized carbons (Fsp3) is 0.438. The molecule has 1 saturated heterocycles. The van der Waals surface area contributed by atoms with E-state index in [-0.39, 0.29) is 17.0 Å². The van der Waals surface area contributed by atoms with E-state index in [9.17, 15) is 12.8 Å². The Bertz CT molecular complexity index is 801. The summed E-state index contributed by atoms with van der Waals surface area (Å²) in [5.74, 6) is 0.137. The smallest absolute Gasteiger partial charge is 0.220 e. The number of benzene rings is 1. The maximum absolute atomic E-state index is 13.1. The Morgan fingerprint density at radius 2 is 2.04 bits per heavy atom. The van der Waals surface area contributed by atoms with Crippen LogP contribution in [0.4, 0.5) is 4.39 Å². The van der Waals surface area contributed by atoms with Crippen LogP contribution >= 0.6 is 0 Å². The lowest BCUT2D eigenvalue weighted by Crippen LogP contribution is -2.33. The van der Waals surface area contributed by atoms with Crippen LogP contribution in [-0.4, -0.2) is 31.0 Å². The Morgan fingerprint density at radius 1 is 1.35 bits per heavy atom. The SMILES string of the molecule is Cc1cc(CS(=O)(=O)N2CC[C@](C)(c3ccc(F)cc3)C2)no1. The molecule has 1 aliphatic heterocycles. The Balaban J connectivity index is 1.77. The second kappa shape index (κ2) is 5.72. The molecule has 7 heteroatoms. The molecule has 5 nitrogen and oxygen atoms in total. The summed E-state index contributed by atoms with van der Waals surface area (Å²) in [4.78, 5) is 0. The first-order valence-corrected chi connectivity index (χ1v) is 9.05. The second-order valence-electron chi connectivity index (χ2n) is 6.34. The summed E-state index contributed by atoms with van der Waals surface area (Å²) in [6.45, 7) is 4.57. The Morgan fingerprint density at radius 3 is 2.65 bits per heavy atom. The van der Waals surface area contributed by atoms with Crippen molar-refractivity contribution in [3.63, 3.8) is 0 Å². The second-order valence-corrected chi connectivity index (χ2v) is 8.31. The molecule has 1 fully saturated rings. The van der Waals surface area contributed by atoms with Gasteiger partial charge < -0.3 is 4.52 Å². The highest BCUT2D eigenvalue weighted by atomic mass is 32.2. The topological polar surface area (TPSA) is 63.4 Å². The number of aromatic nitrogens is 1. The number of rotatable bonds is 4. The molecule has 0 bridgehead atoms. The van der Waals surface area contributed by atoms with Gasteiger partial charge in [-0.3, -0.25) is 0 Å². The first kappa shape index (κ1) is 16.1. The molecule has 0 aliphatic carbocycles. The Hall–Kier alpha value is -1.73. The van der Waals surface area contributed by atoms with Crippen molar-refractivity contribution >= 4 is 10.0 Å². The zero-order valence-corrected chi connectivity index (χ0v) is 13.9. The largest absolute Gasteiger partial charge is 0.361 e. The lowest BCUT2D eigenvalue weighted by atomic mass is 9.82. The predicted octanol–water partition coefficient (Wildman–Crippen LogP) is 2.62. The van der Waals surface area contributed by atoms with Crippen molar-refractivity contribution in [2.75, 3.05) is 13.1 Å².